The van der Waals surface area contributed by atoms with Crippen LogP contribution in [0.2, 0.25) is 0 Å². The van der Waals surface area contributed by atoms with Gasteiger partial charge >= 0.3 is 5.76 Å². The number of benzene rings is 3. The molecule has 0 atom stereocenters. The zero-order chi connectivity index (χ0) is 22.3. The van der Waals surface area contributed by atoms with Crippen LogP contribution in [0, 0.1) is 0 Å². The lowest BCUT2D eigenvalue weighted by Crippen LogP contribution is -2.22. The average molecular weight is 430 g/mol. The summed E-state index contributed by atoms with van der Waals surface area (Å²) in [6.07, 6.45) is 5.25. The summed E-state index contributed by atoms with van der Waals surface area (Å²) in [4.78, 5) is 25.3. The van der Waals surface area contributed by atoms with E-state index in [0.29, 0.717) is 17.5 Å². The van der Waals surface area contributed by atoms with Crippen molar-refractivity contribution in [3.63, 3.8) is 0 Å². The Kier molecular flexibility index (Phi) is 6.85. The summed E-state index contributed by atoms with van der Waals surface area (Å²) >= 11 is 0. The second-order valence-electron chi connectivity index (χ2n) is 7.88. The number of carbonyl (C=O) groups is 1. The first-order valence-corrected chi connectivity index (χ1v) is 11.0. The Bertz CT molecular complexity index is 1240. The lowest BCUT2D eigenvalue weighted by atomic mass is 10.0. The third kappa shape index (κ3) is 4.83. The number of unbranched alkanes of at least 4 members (excludes halogenated alkanes) is 3. The summed E-state index contributed by atoms with van der Waals surface area (Å²) in [6, 6.07) is 23.4. The monoisotopic (exact) mass is 429 g/mol. The topological polar surface area (TPSA) is 61.4 Å². The molecule has 0 aliphatic carbocycles. The zero-order valence-corrected chi connectivity index (χ0v) is 18.3. The third-order valence-corrected chi connectivity index (χ3v) is 5.71. The van der Waals surface area contributed by atoms with Crippen molar-refractivity contribution in [3.8, 4) is 16.9 Å². The van der Waals surface area contributed by atoms with Gasteiger partial charge in [-0.15, -0.1) is 0 Å². The minimum absolute atomic E-state index is 0.219. The molecule has 0 saturated carbocycles. The molecule has 0 bridgehead atoms. The molecule has 0 radical (unpaired) electrons. The van der Waals surface area contributed by atoms with Crippen LogP contribution in [-0.2, 0) is 6.42 Å². The van der Waals surface area contributed by atoms with E-state index in [2.05, 4.69) is 24.3 Å². The van der Waals surface area contributed by atoms with E-state index in [9.17, 15) is 9.59 Å². The number of aromatic nitrogens is 1. The maximum absolute atomic E-state index is 12.8. The minimum atomic E-state index is -0.630. The first kappa shape index (κ1) is 21.6. The molecule has 0 aliphatic rings. The van der Waals surface area contributed by atoms with E-state index in [1.165, 1.54) is 10.1 Å². The molecule has 0 unspecified atom stereocenters. The summed E-state index contributed by atoms with van der Waals surface area (Å²) in [5, 5.41) is 0. The first-order valence-electron chi connectivity index (χ1n) is 11.0. The Hall–Kier alpha value is -3.60. The number of nitrogens with zero attached hydrogens (tertiary/aromatic N) is 1. The molecule has 5 nitrogen and oxygen atoms in total. The Labute approximate surface area is 187 Å². The predicted molar refractivity (Wildman–Crippen MR) is 126 cm³/mol. The van der Waals surface area contributed by atoms with Crippen LogP contribution >= 0.6 is 0 Å². The van der Waals surface area contributed by atoms with E-state index in [0.717, 1.165) is 49.0 Å². The molecule has 0 saturated heterocycles. The van der Waals surface area contributed by atoms with Crippen LogP contribution in [-0.4, -0.2) is 17.6 Å². The Morgan fingerprint density at radius 2 is 1.62 bits per heavy atom. The van der Waals surface area contributed by atoms with Gasteiger partial charge in [0.2, 0.25) is 5.91 Å². The zero-order valence-electron chi connectivity index (χ0n) is 18.3. The number of rotatable bonds is 9. The molecule has 1 aromatic heterocycles. The van der Waals surface area contributed by atoms with Gasteiger partial charge in [-0.2, -0.15) is 0 Å². The van der Waals surface area contributed by atoms with E-state index < -0.39 is 5.76 Å². The number of aryl methyl sites for hydroxylation is 1. The van der Waals surface area contributed by atoms with Crippen LogP contribution in [0.5, 0.6) is 5.75 Å². The normalized spacial score (nSPS) is 11.0. The van der Waals surface area contributed by atoms with Crippen LogP contribution in [0.25, 0.3) is 22.2 Å². The molecule has 0 N–H and O–H groups in total. The van der Waals surface area contributed by atoms with E-state index in [1.807, 2.05) is 42.5 Å². The summed E-state index contributed by atoms with van der Waals surface area (Å²) in [7, 11) is 1.61. The standard InChI is InChI=1S/C27H27NO4/c1-31-22-18-16-21(17-19-22)23-13-9-14-24-26(23)32-27(30)28(24)25(29)15-8-3-2-5-10-20-11-6-4-7-12-20/h4,6-7,9,11-14,16-19H,2-3,5,8,10,15H2,1H3. The van der Waals surface area contributed by atoms with Gasteiger partial charge in [0.05, 0.1) is 12.6 Å². The molecular weight excluding hydrogens is 402 g/mol. The Balaban J connectivity index is 1.40. The van der Waals surface area contributed by atoms with Crippen molar-refractivity contribution in [2.75, 3.05) is 7.11 Å². The van der Waals surface area contributed by atoms with Gasteiger partial charge < -0.3 is 9.15 Å². The van der Waals surface area contributed by atoms with Crippen LogP contribution in [0.3, 0.4) is 0 Å². The number of hydrogen-bond acceptors (Lipinski definition) is 4. The van der Waals surface area contributed by atoms with Crippen molar-refractivity contribution in [2.45, 2.75) is 38.5 Å². The number of fused-ring (bicyclic) bond motifs is 1. The molecule has 0 aliphatic heterocycles. The van der Waals surface area contributed by atoms with E-state index in [-0.39, 0.29) is 5.91 Å². The van der Waals surface area contributed by atoms with Crippen LogP contribution in [0.15, 0.2) is 82.0 Å². The van der Waals surface area contributed by atoms with Gasteiger partial charge in [0.15, 0.2) is 5.58 Å². The summed E-state index contributed by atoms with van der Waals surface area (Å²) < 4.78 is 11.9. The Morgan fingerprint density at radius 3 is 2.38 bits per heavy atom. The summed E-state index contributed by atoms with van der Waals surface area (Å²) in [5.74, 6) is -0.0994. The number of methoxy groups -OCH3 is 1. The highest BCUT2D eigenvalue weighted by molar-refractivity contribution is 5.96. The number of carbonyl (C=O) groups excluding carboxylic acids is 1. The highest BCUT2D eigenvalue weighted by atomic mass is 16.5. The molecule has 4 aromatic rings. The maximum atomic E-state index is 12.8. The van der Waals surface area contributed by atoms with Crippen LogP contribution in [0.4, 0.5) is 0 Å². The van der Waals surface area contributed by atoms with Gasteiger partial charge in [-0.25, -0.2) is 9.36 Å². The number of ether oxygens (including phenoxy) is 1. The van der Waals surface area contributed by atoms with Crippen molar-refractivity contribution in [1.29, 1.82) is 0 Å². The van der Waals surface area contributed by atoms with Crippen molar-refractivity contribution >= 4 is 17.0 Å². The molecule has 1 heterocycles. The molecule has 0 spiro atoms. The molecule has 32 heavy (non-hydrogen) atoms. The predicted octanol–water partition coefficient (Wildman–Crippen LogP) is 6.10. The highest BCUT2D eigenvalue weighted by Gasteiger charge is 2.18. The van der Waals surface area contributed by atoms with Crippen molar-refractivity contribution in [2.24, 2.45) is 0 Å². The third-order valence-electron chi connectivity index (χ3n) is 5.71. The largest absolute Gasteiger partial charge is 0.497 e. The lowest BCUT2D eigenvalue weighted by molar-refractivity contribution is 0.0895. The van der Waals surface area contributed by atoms with Gasteiger partial charge in [-0.05, 0) is 48.6 Å². The summed E-state index contributed by atoms with van der Waals surface area (Å²) in [5.41, 5.74) is 3.95. The second-order valence-corrected chi connectivity index (χ2v) is 7.88. The van der Waals surface area contributed by atoms with Crippen molar-refractivity contribution in [3.05, 3.63) is 88.9 Å². The van der Waals surface area contributed by atoms with Crippen molar-refractivity contribution < 1.29 is 13.9 Å². The SMILES string of the molecule is COc1ccc(-c2cccc3c2oc(=O)n3C(=O)CCCCCCc2ccccc2)cc1. The van der Waals surface area contributed by atoms with Gasteiger partial charge in [0, 0.05) is 12.0 Å². The average Bonchev–Trinajstić information content (AvgIpc) is 3.17. The molecule has 0 fully saturated rings. The van der Waals surface area contributed by atoms with Gasteiger partial charge in [-0.1, -0.05) is 67.4 Å². The molecule has 3 aromatic carbocycles. The number of hydrogen-bond donors (Lipinski definition) is 0. The fraction of sp³-hybridized carbons (Fsp3) is 0.259. The van der Waals surface area contributed by atoms with Gasteiger partial charge in [0.25, 0.3) is 0 Å². The van der Waals surface area contributed by atoms with Crippen LogP contribution < -0.4 is 10.5 Å². The smallest absolute Gasteiger partial charge is 0.426 e. The fourth-order valence-electron chi connectivity index (χ4n) is 3.99. The first-order chi connectivity index (χ1) is 15.7. The number of oxazole rings is 1. The fourth-order valence-corrected chi connectivity index (χ4v) is 3.99. The second kappa shape index (κ2) is 10.1. The minimum Gasteiger partial charge on any atom is -0.497 e. The molecule has 4 rings (SSSR count). The highest BCUT2D eigenvalue weighted by Crippen LogP contribution is 2.29. The number of para-hydroxylation sites is 1. The lowest BCUT2D eigenvalue weighted by Gasteiger charge is -2.05. The molecule has 164 valence electrons. The molecular formula is C27H27NO4. The molecule has 5 heteroatoms. The Morgan fingerprint density at radius 1 is 0.875 bits per heavy atom. The van der Waals surface area contributed by atoms with E-state index in [4.69, 9.17) is 9.15 Å². The van der Waals surface area contributed by atoms with Crippen molar-refractivity contribution in [1.82, 2.24) is 4.57 Å². The summed E-state index contributed by atoms with van der Waals surface area (Å²) in [6.45, 7) is 0. The quantitative estimate of drug-likeness (QED) is 0.302. The molecule has 0 amide bonds. The van der Waals surface area contributed by atoms with Gasteiger partial charge in [-0.3, -0.25) is 4.79 Å². The van der Waals surface area contributed by atoms with E-state index in [1.54, 1.807) is 13.2 Å². The van der Waals surface area contributed by atoms with E-state index >= 15 is 0 Å². The maximum Gasteiger partial charge on any atom is 0.426 e. The van der Waals surface area contributed by atoms with Crippen LogP contribution in [0.1, 0.15) is 42.5 Å². The van der Waals surface area contributed by atoms with Gasteiger partial charge in [0.1, 0.15) is 5.75 Å².